The summed E-state index contributed by atoms with van der Waals surface area (Å²) in [6.45, 7) is 23.4. The Morgan fingerprint density at radius 3 is 1.18 bits per heavy atom. The number of esters is 2. The van der Waals surface area contributed by atoms with Crippen molar-refractivity contribution in [1.82, 2.24) is 0 Å². The fourth-order valence-electron chi connectivity index (χ4n) is 2.67. The molecule has 0 aliphatic rings. The quantitative estimate of drug-likeness (QED) is 0.0886. The van der Waals surface area contributed by atoms with E-state index >= 15 is 0 Å². The van der Waals surface area contributed by atoms with Crippen LogP contribution in [0.5, 0.6) is 0 Å². The van der Waals surface area contributed by atoms with Crippen LogP contribution in [0.1, 0.15) is 67.2 Å². The predicted molar refractivity (Wildman–Crippen MR) is 145 cm³/mol. The van der Waals surface area contributed by atoms with Gasteiger partial charge in [-0.05, 0) is 73.1 Å². The van der Waals surface area contributed by atoms with Crippen LogP contribution < -0.4 is 0 Å². The van der Waals surface area contributed by atoms with Crippen LogP contribution in [-0.4, -0.2) is 56.0 Å². The van der Waals surface area contributed by atoms with E-state index in [2.05, 4.69) is 67.7 Å². The van der Waals surface area contributed by atoms with Crippen molar-refractivity contribution in [2.24, 2.45) is 0 Å². The molecule has 0 spiro atoms. The Morgan fingerprint density at radius 2 is 0.941 bits per heavy atom. The maximum Gasteiger partial charge on any atom is 0.330 e. The molecule has 0 N–H and O–H groups in total. The molecule has 0 radical (unpaired) electrons. The molecule has 8 heteroatoms. The molecule has 0 saturated carbocycles. The lowest BCUT2D eigenvalue weighted by atomic mass is 9.96. The molecule has 0 aromatic heterocycles. The second-order valence-corrected chi connectivity index (χ2v) is 21.4. The number of allylic oxidation sites excluding steroid dienone is 2. The van der Waals surface area contributed by atoms with Gasteiger partial charge in [-0.2, -0.15) is 0 Å². The molecule has 0 bridgehead atoms. The lowest BCUT2D eigenvalue weighted by Crippen LogP contribution is -2.41. The number of hydrogen-bond donors (Lipinski definition) is 0. The molecule has 6 nitrogen and oxygen atoms in total. The van der Waals surface area contributed by atoms with Gasteiger partial charge in [0.2, 0.25) is 0 Å². The number of hydrogen-bond acceptors (Lipinski definition) is 6. The third-order valence-corrected chi connectivity index (χ3v) is 16.2. The van der Waals surface area contributed by atoms with Crippen LogP contribution in [0.15, 0.2) is 23.3 Å². The van der Waals surface area contributed by atoms with Gasteiger partial charge < -0.3 is 18.3 Å². The SMILES string of the molecule is COC(=O)C=C(CCCO[Si](C)(C)C(C)(C)C)C(=CC(=O)OC)CCCO[Si](C)(C)C(C)(C)C. The molecule has 0 saturated heterocycles. The molecule has 0 aromatic carbocycles. The van der Waals surface area contributed by atoms with Crippen LogP contribution in [0, 0.1) is 0 Å². The summed E-state index contributed by atoms with van der Waals surface area (Å²) in [5.41, 5.74) is 1.56. The summed E-state index contributed by atoms with van der Waals surface area (Å²) >= 11 is 0. The highest BCUT2D eigenvalue weighted by Gasteiger charge is 2.37. The van der Waals surface area contributed by atoms with Crippen molar-refractivity contribution in [1.29, 1.82) is 0 Å². The minimum Gasteiger partial charge on any atom is -0.466 e. The van der Waals surface area contributed by atoms with Crippen LogP contribution in [0.3, 0.4) is 0 Å². The lowest BCUT2D eigenvalue weighted by Gasteiger charge is -2.36. The van der Waals surface area contributed by atoms with Gasteiger partial charge in [0.1, 0.15) is 0 Å². The van der Waals surface area contributed by atoms with Gasteiger partial charge in [0, 0.05) is 25.4 Å². The zero-order chi connectivity index (χ0) is 26.8. The second kappa shape index (κ2) is 13.8. The number of carbonyl (C=O) groups is 2. The van der Waals surface area contributed by atoms with E-state index < -0.39 is 28.6 Å². The van der Waals surface area contributed by atoms with Gasteiger partial charge >= 0.3 is 11.9 Å². The normalized spacial score (nSPS) is 14.2. The van der Waals surface area contributed by atoms with E-state index in [0.717, 1.165) is 24.0 Å². The van der Waals surface area contributed by atoms with Crippen molar-refractivity contribution in [3.63, 3.8) is 0 Å². The second-order valence-electron chi connectivity index (χ2n) is 11.8. The fourth-order valence-corrected chi connectivity index (χ4v) is 4.84. The monoisotopic (exact) mass is 514 g/mol. The first-order valence-corrected chi connectivity index (χ1v) is 18.0. The molecular weight excluding hydrogens is 464 g/mol. The molecule has 0 atom stereocenters. The lowest BCUT2D eigenvalue weighted by molar-refractivity contribution is -0.135. The van der Waals surface area contributed by atoms with Gasteiger partial charge in [0.05, 0.1) is 14.2 Å². The summed E-state index contributed by atoms with van der Waals surface area (Å²) in [6, 6.07) is 0. The van der Waals surface area contributed by atoms with Gasteiger partial charge in [-0.3, -0.25) is 0 Å². The van der Waals surface area contributed by atoms with E-state index in [1.165, 1.54) is 26.4 Å². The third-order valence-electron chi connectivity index (χ3n) is 7.12. The van der Waals surface area contributed by atoms with Crippen LogP contribution in [0.4, 0.5) is 0 Å². The summed E-state index contributed by atoms with van der Waals surface area (Å²) in [5.74, 6) is -0.873. The van der Waals surface area contributed by atoms with E-state index in [9.17, 15) is 9.59 Å². The zero-order valence-electron chi connectivity index (χ0n) is 23.8. The molecule has 0 rings (SSSR count). The molecule has 0 fully saturated rings. The summed E-state index contributed by atoms with van der Waals surface area (Å²) in [6.07, 6.45) is 5.67. The summed E-state index contributed by atoms with van der Waals surface area (Å²) < 4.78 is 22.3. The number of rotatable bonds is 13. The van der Waals surface area contributed by atoms with Crippen molar-refractivity contribution < 1.29 is 27.9 Å². The van der Waals surface area contributed by atoms with E-state index in [1.54, 1.807) is 0 Å². The molecule has 0 unspecified atom stereocenters. The van der Waals surface area contributed by atoms with Crippen LogP contribution >= 0.6 is 0 Å². The fraction of sp³-hybridized carbons (Fsp3) is 0.769. The Labute approximate surface area is 210 Å². The Balaban J connectivity index is 5.45. The van der Waals surface area contributed by atoms with Crippen molar-refractivity contribution in [3.05, 3.63) is 23.3 Å². The Kier molecular flexibility index (Phi) is 13.3. The predicted octanol–water partition coefficient (Wildman–Crippen LogP) is 6.79. The largest absolute Gasteiger partial charge is 0.466 e. The Bertz CT molecular complexity index is 663. The van der Waals surface area contributed by atoms with Gasteiger partial charge in [-0.1, -0.05) is 41.5 Å². The van der Waals surface area contributed by atoms with Gasteiger partial charge in [-0.15, -0.1) is 0 Å². The first-order chi connectivity index (χ1) is 15.4. The smallest absolute Gasteiger partial charge is 0.330 e. The molecule has 34 heavy (non-hydrogen) atoms. The maximum atomic E-state index is 12.1. The van der Waals surface area contributed by atoms with Crippen LogP contribution in [0.25, 0.3) is 0 Å². The van der Waals surface area contributed by atoms with E-state index in [4.69, 9.17) is 18.3 Å². The molecule has 198 valence electrons. The van der Waals surface area contributed by atoms with Crippen molar-refractivity contribution in [2.45, 2.75) is 103 Å². The topological polar surface area (TPSA) is 71.1 Å². The molecule has 0 aromatic rings. The summed E-state index contributed by atoms with van der Waals surface area (Å²) in [7, 11) is -0.984. The van der Waals surface area contributed by atoms with E-state index in [0.29, 0.717) is 26.1 Å². The maximum absolute atomic E-state index is 12.1. The van der Waals surface area contributed by atoms with Crippen LogP contribution in [-0.2, 0) is 27.9 Å². The molecule has 0 aliphatic heterocycles. The van der Waals surface area contributed by atoms with Gasteiger partial charge in [0.25, 0.3) is 0 Å². The first-order valence-electron chi connectivity index (χ1n) is 12.2. The Morgan fingerprint density at radius 1 is 0.647 bits per heavy atom. The number of carbonyl (C=O) groups excluding carboxylic acids is 2. The Hall–Kier alpha value is -1.23. The number of methoxy groups -OCH3 is 2. The van der Waals surface area contributed by atoms with E-state index in [1.807, 2.05) is 0 Å². The average molecular weight is 515 g/mol. The van der Waals surface area contributed by atoms with Crippen molar-refractivity contribution in [2.75, 3.05) is 27.4 Å². The van der Waals surface area contributed by atoms with Gasteiger partial charge in [0.15, 0.2) is 16.6 Å². The highest BCUT2D eigenvalue weighted by molar-refractivity contribution is 6.74. The highest BCUT2D eigenvalue weighted by Crippen LogP contribution is 2.37. The number of ether oxygens (including phenoxy) is 2. The summed E-state index contributed by atoms with van der Waals surface area (Å²) in [4.78, 5) is 24.2. The molecule has 0 aliphatic carbocycles. The van der Waals surface area contributed by atoms with Crippen molar-refractivity contribution in [3.8, 4) is 0 Å². The minimum atomic E-state index is -1.85. The summed E-state index contributed by atoms with van der Waals surface area (Å²) in [5, 5.41) is 0.273. The first kappa shape index (κ1) is 32.8. The average Bonchev–Trinajstić information content (AvgIpc) is 2.70. The third kappa shape index (κ3) is 11.5. The standard InChI is InChI=1S/C26H50O6Si2/c1-25(2,3)33(9,10)31-17-13-15-21(19-23(27)29-7)22(20-24(28)30-8)16-14-18-32-34(11,12)26(4,5)6/h19-20H,13-18H2,1-12H3. The highest BCUT2D eigenvalue weighted by atomic mass is 28.4. The van der Waals surface area contributed by atoms with Crippen LogP contribution in [0.2, 0.25) is 36.3 Å². The molecule has 0 heterocycles. The molecule has 0 amide bonds. The molecular formula is C26H50O6Si2. The van der Waals surface area contributed by atoms with Gasteiger partial charge in [-0.25, -0.2) is 9.59 Å². The minimum absolute atomic E-state index is 0.137. The van der Waals surface area contributed by atoms with Crippen molar-refractivity contribution >= 4 is 28.6 Å². The zero-order valence-corrected chi connectivity index (χ0v) is 25.8. The van der Waals surface area contributed by atoms with E-state index in [-0.39, 0.29) is 10.1 Å².